The summed E-state index contributed by atoms with van der Waals surface area (Å²) in [5, 5.41) is 11.4. The first kappa shape index (κ1) is 23.6. The molecule has 0 radical (unpaired) electrons. The van der Waals surface area contributed by atoms with Crippen molar-refractivity contribution in [3.8, 4) is 0 Å². The molecule has 1 saturated heterocycles. The van der Waals surface area contributed by atoms with Gasteiger partial charge in [-0.1, -0.05) is 11.6 Å². The highest BCUT2D eigenvalue weighted by Crippen LogP contribution is 2.41. The second-order valence-corrected chi connectivity index (χ2v) is 7.69. The van der Waals surface area contributed by atoms with Gasteiger partial charge in [-0.2, -0.15) is 4.98 Å². The zero-order valence-electron chi connectivity index (χ0n) is 17.1. The first-order valence-corrected chi connectivity index (χ1v) is 9.19. The van der Waals surface area contributed by atoms with Gasteiger partial charge in [0.25, 0.3) is 5.92 Å². The Kier molecular flexibility index (Phi) is 7.09. The fourth-order valence-corrected chi connectivity index (χ4v) is 3.20. The van der Waals surface area contributed by atoms with Gasteiger partial charge in [-0.3, -0.25) is 14.2 Å². The van der Waals surface area contributed by atoms with E-state index in [0.29, 0.717) is 10.1 Å². The molecule has 1 aromatic heterocycles. The normalized spacial score (nSPS) is 21.4. The number of halogens is 2. The van der Waals surface area contributed by atoms with Crippen LogP contribution in [-0.4, -0.2) is 52.3 Å². The van der Waals surface area contributed by atoms with Gasteiger partial charge in [-0.25, -0.2) is 13.6 Å². The van der Waals surface area contributed by atoms with Gasteiger partial charge in [0.1, 0.15) is 5.82 Å². The third kappa shape index (κ3) is 5.48. The molecule has 1 aliphatic rings. The van der Waals surface area contributed by atoms with Crippen LogP contribution in [0.3, 0.4) is 0 Å². The van der Waals surface area contributed by atoms with Gasteiger partial charge in [0.15, 0.2) is 0 Å². The number of amides is 1. The number of ether oxygens (including phenoxy) is 2. The van der Waals surface area contributed by atoms with Gasteiger partial charge in [-0.05, 0) is 26.8 Å². The van der Waals surface area contributed by atoms with Crippen LogP contribution >= 0.6 is 0 Å². The number of hydrogen-bond donors (Lipinski definition) is 2. The van der Waals surface area contributed by atoms with Gasteiger partial charge >= 0.3 is 11.7 Å². The van der Waals surface area contributed by atoms with Crippen molar-refractivity contribution in [2.45, 2.75) is 51.9 Å². The summed E-state index contributed by atoms with van der Waals surface area (Å²) >= 11 is 0. The van der Waals surface area contributed by atoms with Gasteiger partial charge in [0.2, 0.25) is 12.1 Å². The van der Waals surface area contributed by atoms with Crippen molar-refractivity contribution in [3.05, 3.63) is 34.4 Å². The molecule has 0 aliphatic carbocycles. The molecule has 1 fully saturated rings. The molecule has 2 rings (SSSR count). The molecule has 1 unspecified atom stereocenters. The molecule has 0 spiro atoms. The molecule has 0 saturated carbocycles. The number of methoxy groups -OCH3 is 1. The Morgan fingerprint density at radius 2 is 2.17 bits per heavy atom. The van der Waals surface area contributed by atoms with Crippen molar-refractivity contribution in [3.63, 3.8) is 0 Å². The zero-order chi connectivity index (χ0) is 22.7. The lowest BCUT2D eigenvalue weighted by Crippen LogP contribution is -2.35. The Labute approximate surface area is 171 Å². The molecule has 11 heteroatoms. The van der Waals surface area contributed by atoms with Crippen LogP contribution in [0.1, 0.15) is 39.8 Å². The van der Waals surface area contributed by atoms with Gasteiger partial charge < -0.3 is 19.9 Å². The molecule has 1 amide bonds. The molecule has 9 nitrogen and oxygen atoms in total. The van der Waals surface area contributed by atoms with Gasteiger partial charge in [-0.15, -0.1) is 0 Å². The highest BCUT2D eigenvalue weighted by Gasteiger charge is 2.51. The molecule has 2 heterocycles. The third-order valence-corrected chi connectivity index (χ3v) is 4.49. The lowest BCUT2D eigenvalue weighted by molar-refractivity contribution is -0.148. The molecule has 2 atom stereocenters. The Morgan fingerprint density at radius 3 is 2.70 bits per heavy atom. The first-order valence-electron chi connectivity index (χ1n) is 9.19. The van der Waals surface area contributed by atoms with Gasteiger partial charge in [0, 0.05) is 19.0 Å². The standard InChI is InChI=1S/C19H25F2N3O6/c1-11(8-18(2,3)16(27)29-4)7-14(26)22-13-5-6-24(17(28)23-13)15-19(20,21)9-12(10-25)30-15/h5-6,8,12,15,25H,7,9-10H2,1-4H3,(H,22,23,26,28)/b11-8+/t12-,15?/m0/s1. The highest BCUT2D eigenvalue weighted by molar-refractivity contribution is 5.91. The number of aromatic nitrogens is 2. The van der Waals surface area contributed by atoms with E-state index in [1.54, 1.807) is 26.8 Å². The maximum Gasteiger partial charge on any atom is 0.351 e. The summed E-state index contributed by atoms with van der Waals surface area (Å²) in [6.45, 7) is 4.35. The van der Waals surface area contributed by atoms with Crippen LogP contribution in [0.2, 0.25) is 0 Å². The number of nitrogens with one attached hydrogen (secondary N) is 1. The maximum absolute atomic E-state index is 14.1. The van der Waals surface area contributed by atoms with E-state index in [9.17, 15) is 23.2 Å². The Morgan fingerprint density at radius 1 is 1.50 bits per heavy atom. The van der Waals surface area contributed by atoms with E-state index < -0.39 is 54.3 Å². The SMILES string of the molecule is COC(=O)C(C)(C)/C=C(\C)CC(=O)Nc1ccn(C2O[C@H](CO)CC2(F)F)c(=O)n1. The molecular weight excluding hydrogens is 404 g/mol. The van der Waals surface area contributed by atoms with E-state index in [0.717, 1.165) is 6.20 Å². The predicted molar refractivity (Wildman–Crippen MR) is 102 cm³/mol. The van der Waals surface area contributed by atoms with E-state index in [2.05, 4.69) is 10.3 Å². The van der Waals surface area contributed by atoms with Gasteiger partial charge in [0.05, 0.1) is 25.2 Å². The topological polar surface area (TPSA) is 120 Å². The largest absolute Gasteiger partial charge is 0.468 e. The summed E-state index contributed by atoms with van der Waals surface area (Å²) in [5.41, 5.74) is -1.36. The van der Waals surface area contributed by atoms with E-state index in [1.165, 1.54) is 13.2 Å². The van der Waals surface area contributed by atoms with E-state index in [-0.39, 0.29) is 12.2 Å². The number of anilines is 1. The summed E-state index contributed by atoms with van der Waals surface area (Å²) in [5.74, 6) is -4.42. The quantitative estimate of drug-likeness (QED) is 0.499. The molecule has 1 aromatic rings. The number of carbonyl (C=O) groups is 2. The third-order valence-electron chi connectivity index (χ3n) is 4.49. The smallest absolute Gasteiger partial charge is 0.351 e. The Bertz CT molecular complexity index is 897. The molecule has 0 aromatic carbocycles. The van der Waals surface area contributed by atoms with E-state index >= 15 is 0 Å². The van der Waals surface area contributed by atoms with Crippen molar-refractivity contribution >= 4 is 17.7 Å². The van der Waals surface area contributed by atoms with Crippen LogP contribution in [0.5, 0.6) is 0 Å². The monoisotopic (exact) mass is 429 g/mol. The molecular formula is C19H25F2N3O6. The average Bonchev–Trinajstić information content (AvgIpc) is 2.94. The molecule has 0 bridgehead atoms. The van der Waals surface area contributed by atoms with E-state index in [1.807, 2.05) is 0 Å². The summed E-state index contributed by atoms with van der Waals surface area (Å²) in [6.07, 6.45) is -1.11. The lowest BCUT2D eigenvalue weighted by atomic mass is 9.90. The number of aliphatic hydroxyl groups is 1. The second-order valence-electron chi connectivity index (χ2n) is 7.69. The molecule has 1 aliphatic heterocycles. The van der Waals surface area contributed by atoms with Crippen molar-refractivity contribution in [1.29, 1.82) is 0 Å². The number of nitrogens with zero attached hydrogens (tertiary/aromatic N) is 2. The number of hydrogen-bond acceptors (Lipinski definition) is 7. The van der Waals surface area contributed by atoms with Crippen molar-refractivity contribution in [1.82, 2.24) is 9.55 Å². The number of aliphatic hydroxyl groups excluding tert-OH is 1. The minimum Gasteiger partial charge on any atom is -0.468 e. The van der Waals surface area contributed by atoms with Crippen LogP contribution in [0.15, 0.2) is 28.7 Å². The van der Waals surface area contributed by atoms with Crippen molar-refractivity contribution in [2.24, 2.45) is 5.41 Å². The fourth-order valence-electron chi connectivity index (χ4n) is 3.20. The second kappa shape index (κ2) is 9.00. The van der Waals surface area contributed by atoms with Crippen LogP contribution in [0.25, 0.3) is 0 Å². The molecule has 2 N–H and O–H groups in total. The molecule has 166 valence electrons. The minimum absolute atomic E-state index is 0.0762. The number of esters is 1. The number of rotatable bonds is 7. The summed E-state index contributed by atoms with van der Waals surface area (Å²) in [7, 11) is 1.27. The lowest BCUT2D eigenvalue weighted by Gasteiger charge is -2.20. The minimum atomic E-state index is -3.35. The van der Waals surface area contributed by atoms with Crippen LogP contribution in [-0.2, 0) is 19.1 Å². The summed E-state index contributed by atoms with van der Waals surface area (Å²) in [4.78, 5) is 39.7. The first-order chi connectivity index (χ1) is 13.9. The summed E-state index contributed by atoms with van der Waals surface area (Å²) in [6, 6.07) is 1.20. The maximum atomic E-state index is 14.1. The average molecular weight is 429 g/mol. The van der Waals surface area contributed by atoms with Crippen LogP contribution in [0, 0.1) is 5.41 Å². The summed E-state index contributed by atoms with van der Waals surface area (Å²) < 4.78 is 38.5. The predicted octanol–water partition coefficient (Wildman–Crippen LogP) is 1.63. The van der Waals surface area contributed by atoms with E-state index in [4.69, 9.17) is 14.6 Å². The van der Waals surface area contributed by atoms with Crippen molar-refractivity contribution < 1.29 is 33.0 Å². The molecule has 30 heavy (non-hydrogen) atoms. The van der Waals surface area contributed by atoms with Crippen LogP contribution in [0.4, 0.5) is 14.6 Å². The van der Waals surface area contributed by atoms with Crippen molar-refractivity contribution in [2.75, 3.05) is 19.0 Å². The zero-order valence-corrected chi connectivity index (χ0v) is 17.1. The highest BCUT2D eigenvalue weighted by atomic mass is 19.3. The number of carbonyl (C=O) groups excluding carboxylic acids is 2. The van der Waals surface area contributed by atoms with Crippen LogP contribution < -0.4 is 11.0 Å². The Hall–Kier alpha value is -2.66. The Balaban J connectivity index is 2.08. The fraction of sp³-hybridized carbons (Fsp3) is 0.579. The number of alkyl halides is 2.